The molecule has 0 saturated carbocycles. The van der Waals surface area contributed by atoms with Crippen LogP contribution in [0.1, 0.15) is 6.92 Å². The van der Waals surface area contributed by atoms with Crippen molar-refractivity contribution < 1.29 is 13.2 Å². The Balaban J connectivity index is 2.23. The molecule has 1 heterocycles. The number of nitrogen functional groups attached to an aromatic ring is 1. The van der Waals surface area contributed by atoms with Crippen LogP contribution in [0.25, 0.3) is 0 Å². The first-order chi connectivity index (χ1) is 9.79. The summed E-state index contributed by atoms with van der Waals surface area (Å²) in [6, 6.07) is 6.25. The number of rotatable bonds is 4. The monoisotopic (exact) mass is 309 g/mol. The Morgan fingerprint density at radius 1 is 1.24 bits per heavy atom. The lowest BCUT2D eigenvalue weighted by Crippen LogP contribution is -2.17. The van der Waals surface area contributed by atoms with Gasteiger partial charge in [-0.15, -0.1) is 0 Å². The second-order valence-corrected chi connectivity index (χ2v) is 6.01. The summed E-state index contributed by atoms with van der Waals surface area (Å²) >= 11 is 0. The number of nitrogens with two attached hydrogens (primary N) is 1. The molecule has 0 aliphatic carbocycles. The quantitative estimate of drug-likeness (QED) is 0.770. The molecule has 112 valence electrons. The average Bonchev–Trinajstić information content (AvgIpc) is 2.71. The van der Waals surface area contributed by atoms with Crippen LogP contribution < -0.4 is 15.8 Å². The summed E-state index contributed by atoms with van der Waals surface area (Å²) in [4.78, 5) is 14.7. The number of imidazole rings is 1. The van der Waals surface area contributed by atoms with E-state index in [4.69, 9.17) is 5.73 Å². The van der Waals surface area contributed by atoms with Crippen molar-refractivity contribution >= 4 is 33.1 Å². The Labute approximate surface area is 122 Å². The second-order valence-electron chi connectivity index (χ2n) is 4.41. The standard InChI is InChI=1S/C12H15N5O3S/c1-8(18)15-9-3-5-10(6-4-9)16-21(19,20)12-11(13)14-7-17(12)2/h3-7,16H,13H2,1-2H3,(H,15,18). The average molecular weight is 309 g/mol. The van der Waals surface area contributed by atoms with Crippen molar-refractivity contribution in [3.05, 3.63) is 30.6 Å². The Morgan fingerprint density at radius 3 is 2.29 bits per heavy atom. The molecule has 9 heteroatoms. The third kappa shape index (κ3) is 3.31. The number of hydrogen-bond acceptors (Lipinski definition) is 5. The van der Waals surface area contributed by atoms with Gasteiger partial charge in [-0.05, 0) is 24.3 Å². The number of carbonyl (C=O) groups excluding carboxylic acids is 1. The summed E-state index contributed by atoms with van der Waals surface area (Å²) in [6.07, 6.45) is 1.32. The van der Waals surface area contributed by atoms with Crippen molar-refractivity contribution in [2.75, 3.05) is 15.8 Å². The van der Waals surface area contributed by atoms with E-state index in [0.29, 0.717) is 11.4 Å². The smallest absolute Gasteiger partial charge is 0.281 e. The molecular weight excluding hydrogens is 294 g/mol. The van der Waals surface area contributed by atoms with Crippen LogP contribution in [0.2, 0.25) is 0 Å². The largest absolute Gasteiger partial charge is 0.381 e. The fourth-order valence-corrected chi connectivity index (χ4v) is 3.09. The Kier molecular flexibility index (Phi) is 3.85. The number of sulfonamides is 1. The van der Waals surface area contributed by atoms with Gasteiger partial charge in [-0.2, -0.15) is 8.42 Å². The van der Waals surface area contributed by atoms with Gasteiger partial charge in [0, 0.05) is 25.3 Å². The van der Waals surface area contributed by atoms with E-state index in [9.17, 15) is 13.2 Å². The third-order valence-electron chi connectivity index (χ3n) is 2.62. The molecule has 1 amide bonds. The highest BCUT2D eigenvalue weighted by Crippen LogP contribution is 2.21. The molecule has 1 aromatic heterocycles. The van der Waals surface area contributed by atoms with E-state index in [1.54, 1.807) is 12.1 Å². The Bertz CT molecular complexity index is 745. The van der Waals surface area contributed by atoms with E-state index in [0.717, 1.165) is 0 Å². The third-order valence-corrected chi connectivity index (χ3v) is 4.13. The molecule has 0 aliphatic heterocycles. The number of anilines is 3. The highest BCUT2D eigenvalue weighted by Gasteiger charge is 2.22. The molecule has 2 aromatic rings. The predicted molar refractivity (Wildman–Crippen MR) is 79.2 cm³/mol. The highest BCUT2D eigenvalue weighted by atomic mass is 32.2. The minimum atomic E-state index is -3.83. The number of aryl methyl sites for hydroxylation is 1. The van der Waals surface area contributed by atoms with Crippen LogP contribution >= 0.6 is 0 Å². The van der Waals surface area contributed by atoms with E-state index in [-0.39, 0.29) is 16.8 Å². The van der Waals surface area contributed by atoms with E-state index in [1.165, 1.54) is 37.0 Å². The molecule has 0 fully saturated rings. The van der Waals surface area contributed by atoms with Gasteiger partial charge in [0.1, 0.15) is 0 Å². The van der Waals surface area contributed by atoms with Crippen molar-refractivity contribution in [3.8, 4) is 0 Å². The lowest BCUT2D eigenvalue weighted by Gasteiger charge is -2.10. The molecule has 0 saturated heterocycles. The fraction of sp³-hybridized carbons (Fsp3) is 0.167. The molecule has 8 nitrogen and oxygen atoms in total. The van der Waals surface area contributed by atoms with E-state index < -0.39 is 10.0 Å². The number of carbonyl (C=O) groups is 1. The van der Waals surface area contributed by atoms with Crippen molar-refractivity contribution in [2.24, 2.45) is 7.05 Å². The topological polar surface area (TPSA) is 119 Å². The predicted octanol–water partition coefficient (Wildman–Crippen LogP) is 0.761. The lowest BCUT2D eigenvalue weighted by atomic mass is 10.3. The minimum Gasteiger partial charge on any atom is -0.381 e. The molecule has 0 spiro atoms. The fourth-order valence-electron chi connectivity index (χ4n) is 1.79. The van der Waals surface area contributed by atoms with Gasteiger partial charge >= 0.3 is 0 Å². The number of benzene rings is 1. The second kappa shape index (κ2) is 5.44. The molecule has 0 radical (unpaired) electrons. The SMILES string of the molecule is CC(=O)Nc1ccc(NS(=O)(=O)c2c(N)ncn2C)cc1. The molecule has 0 unspecified atom stereocenters. The van der Waals surface area contributed by atoms with Gasteiger partial charge in [-0.3, -0.25) is 9.52 Å². The highest BCUT2D eigenvalue weighted by molar-refractivity contribution is 7.92. The lowest BCUT2D eigenvalue weighted by molar-refractivity contribution is -0.114. The zero-order valence-corrected chi connectivity index (χ0v) is 12.3. The van der Waals surface area contributed by atoms with E-state index >= 15 is 0 Å². The maximum Gasteiger partial charge on any atom is 0.281 e. The molecule has 2 rings (SSSR count). The zero-order valence-electron chi connectivity index (χ0n) is 11.5. The summed E-state index contributed by atoms with van der Waals surface area (Å²) in [5.74, 6) is -0.272. The minimum absolute atomic E-state index is 0.0696. The number of amides is 1. The van der Waals surface area contributed by atoms with Gasteiger partial charge in [0.05, 0.1) is 6.33 Å². The number of nitrogens with zero attached hydrogens (tertiary/aromatic N) is 2. The maximum absolute atomic E-state index is 12.2. The summed E-state index contributed by atoms with van der Waals surface area (Å²) in [5.41, 5.74) is 6.49. The van der Waals surface area contributed by atoms with Crippen LogP contribution in [0, 0.1) is 0 Å². The molecule has 21 heavy (non-hydrogen) atoms. The number of hydrogen-bond donors (Lipinski definition) is 3. The van der Waals surface area contributed by atoms with Crippen LogP contribution in [-0.2, 0) is 21.9 Å². The van der Waals surface area contributed by atoms with Gasteiger partial charge in [0.2, 0.25) is 5.91 Å². The van der Waals surface area contributed by atoms with Crippen LogP contribution in [0.4, 0.5) is 17.2 Å². The van der Waals surface area contributed by atoms with Crippen molar-refractivity contribution in [1.29, 1.82) is 0 Å². The Morgan fingerprint density at radius 2 is 1.81 bits per heavy atom. The van der Waals surface area contributed by atoms with Crippen molar-refractivity contribution in [3.63, 3.8) is 0 Å². The van der Waals surface area contributed by atoms with Gasteiger partial charge in [-0.1, -0.05) is 0 Å². The molecule has 1 aromatic carbocycles. The molecule has 0 aliphatic rings. The van der Waals surface area contributed by atoms with Crippen LogP contribution in [0.5, 0.6) is 0 Å². The maximum atomic E-state index is 12.2. The first-order valence-electron chi connectivity index (χ1n) is 5.97. The zero-order chi connectivity index (χ0) is 15.6. The van der Waals surface area contributed by atoms with Crippen LogP contribution in [0.15, 0.2) is 35.6 Å². The van der Waals surface area contributed by atoms with Gasteiger partial charge < -0.3 is 15.6 Å². The first-order valence-corrected chi connectivity index (χ1v) is 7.45. The van der Waals surface area contributed by atoms with Gasteiger partial charge in [0.25, 0.3) is 10.0 Å². The molecule has 0 bridgehead atoms. The number of nitrogens with one attached hydrogen (secondary N) is 2. The van der Waals surface area contributed by atoms with Gasteiger partial charge in [0.15, 0.2) is 10.8 Å². The Hall–Kier alpha value is -2.55. The molecule has 0 atom stereocenters. The van der Waals surface area contributed by atoms with Crippen molar-refractivity contribution in [1.82, 2.24) is 9.55 Å². The van der Waals surface area contributed by atoms with E-state index in [2.05, 4.69) is 15.0 Å². The number of aromatic nitrogens is 2. The molecular formula is C12H15N5O3S. The normalized spacial score (nSPS) is 11.1. The summed E-state index contributed by atoms with van der Waals surface area (Å²) in [6.45, 7) is 1.39. The first kappa shape index (κ1) is 14.9. The summed E-state index contributed by atoms with van der Waals surface area (Å²) in [5, 5.41) is 2.49. The van der Waals surface area contributed by atoms with Crippen molar-refractivity contribution in [2.45, 2.75) is 11.9 Å². The van der Waals surface area contributed by atoms with Gasteiger partial charge in [-0.25, -0.2) is 4.98 Å². The molecule has 4 N–H and O–H groups in total. The van der Waals surface area contributed by atoms with Crippen LogP contribution in [0.3, 0.4) is 0 Å². The summed E-state index contributed by atoms with van der Waals surface area (Å²) < 4.78 is 28.2. The summed E-state index contributed by atoms with van der Waals surface area (Å²) in [7, 11) is -2.29. The van der Waals surface area contributed by atoms with Crippen LogP contribution in [-0.4, -0.2) is 23.9 Å². The van der Waals surface area contributed by atoms with E-state index in [1.807, 2.05) is 0 Å².